The second kappa shape index (κ2) is 39.0. The van der Waals surface area contributed by atoms with Gasteiger partial charge in [-0.05, 0) is 182 Å². The summed E-state index contributed by atoms with van der Waals surface area (Å²) >= 11 is 13.8. The Morgan fingerprint density at radius 3 is 1.22 bits per heavy atom. The van der Waals surface area contributed by atoms with E-state index in [4.69, 9.17) is 62.5 Å². The van der Waals surface area contributed by atoms with Gasteiger partial charge < -0.3 is 73.6 Å². The van der Waals surface area contributed by atoms with Gasteiger partial charge in [0.05, 0.1) is 122 Å². The maximum absolute atomic E-state index is 13.6. The molecule has 6 aromatic carbocycles. The fourth-order valence-electron chi connectivity index (χ4n) is 10.9. The number of halogens is 5. The molecule has 0 spiro atoms. The van der Waals surface area contributed by atoms with Crippen molar-refractivity contribution in [2.75, 3.05) is 97.8 Å². The third kappa shape index (κ3) is 20.9. The zero-order valence-corrected chi connectivity index (χ0v) is 61.7. The Hall–Kier alpha value is -10.0. The molecule has 29 heteroatoms. The molecule has 8 aromatic rings. The number of anilines is 3. The third-order valence-electron chi connectivity index (χ3n) is 16.3. The molecule has 11 rings (SSSR count). The number of nitrogens with zero attached hydrogens (tertiary/aromatic N) is 5. The summed E-state index contributed by atoms with van der Waals surface area (Å²) in [4.78, 5) is 95.4. The first-order valence-corrected chi connectivity index (χ1v) is 34.0. The van der Waals surface area contributed by atoms with Crippen LogP contribution in [0.5, 0.6) is 34.5 Å². The highest BCUT2D eigenvalue weighted by atomic mass is 127. The van der Waals surface area contributed by atoms with E-state index in [-0.39, 0.29) is 64.5 Å². The molecule has 0 saturated carbocycles. The number of aliphatic hydroxyl groups excluding tert-OH is 2. The van der Waals surface area contributed by atoms with E-state index in [0.29, 0.717) is 141 Å². The predicted molar refractivity (Wildman–Crippen MR) is 394 cm³/mol. The van der Waals surface area contributed by atoms with Crippen molar-refractivity contribution in [3.63, 3.8) is 0 Å². The van der Waals surface area contributed by atoms with Gasteiger partial charge in [0.25, 0.3) is 0 Å². The second-order valence-corrected chi connectivity index (χ2v) is 24.8. The van der Waals surface area contributed by atoms with Crippen LogP contribution in [0.2, 0.25) is 10.0 Å². The molecule has 3 fully saturated rings. The van der Waals surface area contributed by atoms with Crippen molar-refractivity contribution in [1.29, 1.82) is 0 Å². The Bertz CT molecular complexity index is 4420. The van der Waals surface area contributed by atoms with Gasteiger partial charge in [-0.15, -0.1) is 0 Å². The van der Waals surface area contributed by atoms with Gasteiger partial charge in [-0.25, -0.2) is 33.1 Å². The number of rotatable bonds is 21. The molecule has 0 radical (unpaired) electrons. The number of carboxylic acid groups (broad SMARTS) is 1. The van der Waals surface area contributed by atoms with Crippen molar-refractivity contribution in [2.45, 2.75) is 63.6 Å². The van der Waals surface area contributed by atoms with E-state index in [1.165, 1.54) is 92.2 Å². The van der Waals surface area contributed by atoms with Crippen molar-refractivity contribution < 1.29 is 95.6 Å². The summed E-state index contributed by atoms with van der Waals surface area (Å²) in [6, 6.07) is 34.7. The number of aromatic carboxylic acids is 1. The topological polar surface area (TPSA) is 316 Å². The van der Waals surface area contributed by atoms with Gasteiger partial charge >= 0.3 is 17.9 Å². The first-order chi connectivity index (χ1) is 49.9. The Labute approximate surface area is 622 Å². The van der Waals surface area contributed by atoms with Crippen LogP contribution >= 0.6 is 45.8 Å². The number of pyridine rings is 2. The number of hydrogen-bond acceptors (Lipinski definition) is 20. The molecular formula is C75H77Cl2F2IN6O18. The van der Waals surface area contributed by atoms with Crippen LogP contribution in [-0.2, 0) is 23.9 Å². The molecule has 2 aromatic heterocycles. The monoisotopic (exact) mass is 1580 g/mol. The van der Waals surface area contributed by atoms with E-state index in [1.54, 1.807) is 107 Å². The van der Waals surface area contributed by atoms with Crippen LogP contribution in [0, 0.1) is 15.2 Å². The second-order valence-electron chi connectivity index (χ2n) is 22.8. The number of aromatic nitrogens is 2. The molecule has 3 aliphatic heterocycles. The number of methoxy groups -OCH3 is 8. The Kier molecular flexibility index (Phi) is 30.5. The van der Waals surface area contributed by atoms with Crippen molar-refractivity contribution in [3.8, 4) is 57.0 Å². The Morgan fingerprint density at radius 2 is 0.856 bits per heavy atom. The fourth-order valence-corrected chi connectivity index (χ4v) is 11.8. The van der Waals surface area contributed by atoms with Crippen LogP contribution < -0.4 is 48.9 Å². The molecule has 2 atom stereocenters. The van der Waals surface area contributed by atoms with Crippen molar-refractivity contribution in [1.82, 2.24) is 9.97 Å². The molecular weight excluding hydrogens is 1510 g/mol. The van der Waals surface area contributed by atoms with Crippen molar-refractivity contribution in [3.05, 3.63) is 192 Å². The third-order valence-corrected chi connectivity index (χ3v) is 17.8. The van der Waals surface area contributed by atoms with Gasteiger partial charge in [0.15, 0.2) is 5.78 Å². The minimum atomic E-state index is -1.02. The van der Waals surface area contributed by atoms with Crippen LogP contribution in [0.15, 0.2) is 133 Å². The van der Waals surface area contributed by atoms with Crippen LogP contribution in [0.1, 0.15) is 116 Å². The first kappa shape index (κ1) is 81.3. The lowest BCUT2D eigenvalue weighted by Crippen LogP contribution is -2.24. The van der Waals surface area contributed by atoms with Gasteiger partial charge in [-0.2, -0.15) is 0 Å². The number of Topliss-reactive ketones (excluding diaryl/α,β-unsaturated/α-hetero) is 1. The lowest BCUT2D eigenvalue weighted by Gasteiger charge is -2.19. The lowest BCUT2D eigenvalue weighted by molar-refractivity contribution is -0.117. The Balaban J connectivity index is 0.000000192. The average molecular weight is 1590 g/mol. The smallest absolute Gasteiger partial charge is 0.337 e. The minimum Gasteiger partial charge on any atom is -0.496 e. The van der Waals surface area contributed by atoms with Crippen molar-refractivity contribution >= 4 is 104 Å². The molecule has 3 saturated heterocycles. The largest absolute Gasteiger partial charge is 0.496 e. The van der Waals surface area contributed by atoms with Gasteiger partial charge in [-0.1, -0.05) is 23.2 Å². The minimum absolute atomic E-state index is 0.00358. The predicted octanol–water partition coefficient (Wildman–Crippen LogP) is 13.1. The average Bonchev–Trinajstić information content (AvgIpc) is 1.35. The maximum Gasteiger partial charge on any atom is 0.337 e. The summed E-state index contributed by atoms with van der Waals surface area (Å²) in [5.74, 6) is 0.144. The molecule has 550 valence electrons. The molecule has 24 nitrogen and oxygen atoms in total. The highest BCUT2D eigenvalue weighted by Crippen LogP contribution is 2.38. The molecule has 5 heterocycles. The summed E-state index contributed by atoms with van der Waals surface area (Å²) in [6.45, 7) is 2.02. The van der Waals surface area contributed by atoms with Crippen LogP contribution in [-0.4, -0.2) is 150 Å². The van der Waals surface area contributed by atoms with E-state index < -0.39 is 35.8 Å². The number of ether oxygens (including phenoxy) is 8. The van der Waals surface area contributed by atoms with Gasteiger partial charge in [-0.3, -0.25) is 19.2 Å². The van der Waals surface area contributed by atoms with Gasteiger partial charge in [0, 0.05) is 68.6 Å². The number of nitrogens with two attached hydrogens (primary N) is 1. The quantitative estimate of drug-likeness (QED) is 0.0295. The number of aliphatic hydroxyl groups is 2. The molecule has 3 aliphatic rings. The van der Waals surface area contributed by atoms with E-state index in [0.717, 1.165) is 22.8 Å². The number of hydrogen-bond donors (Lipinski definition) is 4. The van der Waals surface area contributed by atoms with Crippen LogP contribution in [0.3, 0.4) is 0 Å². The van der Waals surface area contributed by atoms with E-state index in [2.05, 4.69) is 42.0 Å². The maximum atomic E-state index is 13.6. The molecule has 104 heavy (non-hydrogen) atoms. The number of esters is 2. The molecule has 5 N–H and O–H groups in total. The summed E-state index contributed by atoms with van der Waals surface area (Å²) in [7, 11) is 11.7. The van der Waals surface area contributed by atoms with Gasteiger partial charge in [0.1, 0.15) is 63.6 Å². The van der Waals surface area contributed by atoms with Gasteiger partial charge in [0.2, 0.25) is 17.7 Å². The van der Waals surface area contributed by atoms with Crippen LogP contribution in [0.25, 0.3) is 22.5 Å². The summed E-state index contributed by atoms with van der Waals surface area (Å²) < 4.78 is 68.5. The summed E-state index contributed by atoms with van der Waals surface area (Å²) in [5, 5.41) is 29.3. The molecule has 0 bridgehead atoms. The summed E-state index contributed by atoms with van der Waals surface area (Å²) in [5.41, 5.74) is 11.7. The van der Waals surface area contributed by atoms with Crippen LogP contribution in [0.4, 0.5) is 25.8 Å². The lowest BCUT2D eigenvalue weighted by atomic mass is 10.0. The SMILES string of the molecule is COC(=O)c1ccc(I)c(OC)c1.COC(=O)c1ccc(N2CCCC2=O)c(OC)c1.COc1cc(C(=O)CCC(O)c2ccc(OC)c(-c3ccc(F)c(Cl)c3)n2)ccc1N1CCCC1=O.COc1cc(C(=O)O)ccc1N1CCCC1=O.COc1ccc(C(O)CN)nc1-c1ccc(F)c(Cl)c1. The van der Waals surface area contributed by atoms with E-state index in [1.807, 2.05) is 6.07 Å². The summed E-state index contributed by atoms with van der Waals surface area (Å²) in [6.07, 6.45) is 2.37. The first-order valence-electron chi connectivity index (χ1n) is 32.2. The zero-order valence-electron chi connectivity index (χ0n) is 58.0. The number of ketones is 1. The van der Waals surface area contributed by atoms with E-state index in [9.17, 15) is 52.6 Å². The molecule has 0 aliphatic carbocycles. The van der Waals surface area contributed by atoms with Crippen molar-refractivity contribution in [2.24, 2.45) is 5.73 Å². The number of benzene rings is 6. The molecule has 3 amide bonds. The highest BCUT2D eigenvalue weighted by Gasteiger charge is 2.29. The standard InChI is InChI=1S/C27H26ClFN2O5.C14H14ClFN2O2.C13H15NO4.C12H13NO4.C9H9IO3/c1-35-24-12-8-20(30-27(24)17-5-7-19(29)18(28)14-17)23(33)11-10-22(32)16-6-9-21(25(15-16)36-2)31-13-3-4-26(31)34;1-20-13-5-4-11(12(19)7-17)18-14(13)8-2-3-10(16)9(15)6-8;1-17-11-8-9(13(16)18-2)5-6-10(11)14-7-3-4-12(14)15;1-17-10-7-8(12(15)16)4-5-9(10)13-6-2-3-11(13)14;1-12-8-5-6(9(11)13-2)3-4-7(8)10/h5-9,12,14-15,23,33H,3-4,10-11,13H2,1-2H3;2-6,12,19H,7,17H2,1H3;5-6,8H,3-4,7H2,1-2H3;4-5,7H,2-3,6H2,1H3,(H,15,16);3-5H,1-2H3. The molecule has 2 unspecified atom stereocenters. The fraction of sp³-hybridized carbons (Fsp3) is 0.293. The van der Waals surface area contributed by atoms with E-state index >= 15 is 0 Å². The highest BCUT2D eigenvalue weighted by molar-refractivity contribution is 14.1. The number of carbonyl (C=O) groups excluding carboxylic acids is 6. The number of carbonyl (C=O) groups is 7. The Morgan fingerprint density at radius 1 is 0.490 bits per heavy atom. The number of amides is 3. The normalized spacial score (nSPS) is 13.5. The number of carboxylic acids is 1. The zero-order chi connectivity index (χ0) is 75.9.